The molecule has 1 rings (SSSR count). The van der Waals surface area contributed by atoms with Crippen LogP contribution < -0.4 is 0 Å². The van der Waals surface area contributed by atoms with Crippen molar-refractivity contribution in [1.29, 1.82) is 0 Å². The second-order valence-electron chi connectivity index (χ2n) is 11.9. The summed E-state index contributed by atoms with van der Waals surface area (Å²) in [6, 6.07) is 0. The van der Waals surface area contributed by atoms with Crippen LogP contribution in [0.5, 0.6) is 0 Å². The van der Waals surface area contributed by atoms with E-state index in [0.717, 1.165) is 96.5 Å². The Morgan fingerprint density at radius 2 is 1.10 bits per heavy atom. The van der Waals surface area contributed by atoms with Crippen molar-refractivity contribution in [2.75, 3.05) is 19.8 Å². The fourth-order valence-corrected chi connectivity index (χ4v) is 4.95. The number of ether oxygens (including phenoxy) is 4. The van der Waals surface area contributed by atoms with Gasteiger partial charge in [-0.05, 0) is 38.5 Å². The maximum absolute atomic E-state index is 12.5. The zero-order chi connectivity index (χ0) is 30.5. The minimum Gasteiger partial charge on any atom is -0.462 e. The number of carbonyl (C=O) groups is 3. The van der Waals surface area contributed by atoms with Crippen LogP contribution in [0.25, 0.3) is 0 Å². The van der Waals surface area contributed by atoms with Gasteiger partial charge in [-0.25, -0.2) is 0 Å². The van der Waals surface area contributed by atoms with Crippen LogP contribution >= 0.6 is 0 Å². The Morgan fingerprint density at radius 1 is 0.667 bits per heavy atom. The third-order valence-corrected chi connectivity index (χ3v) is 7.74. The molecule has 0 bridgehead atoms. The topological polar surface area (TPSA) is 91.4 Å². The van der Waals surface area contributed by atoms with E-state index >= 15 is 0 Å². The largest absolute Gasteiger partial charge is 0.462 e. The van der Waals surface area contributed by atoms with Crippen molar-refractivity contribution in [3.63, 3.8) is 0 Å². The Morgan fingerprint density at radius 3 is 1.57 bits per heavy atom. The molecule has 7 nitrogen and oxygen atoms in total. The lowest BCUT2D eigenvalue weighted by Crippen LogP contribution is -2.30. The standard InChI is InChI=1S/C35H62O7/c1-3-5-7-9-11-12-14-18-22-26-34(37)41-30-32(29-40-33(36)25-21-17-13-10-8-6-4-2)42-35(38)27-23-19-15-16-20-24-31-28-39-31/h4,31-32H,2-3,5-30H2,1H3. The molecule has 0 spiro atoms. The van der Waals surface area contributed by atoms with E-state index < -0.39 is 6.10 Å². The summed E-state index contributed by atoms with van der Waals surface area (Å²) in [5.74, 6) is -0.935. The van der Waals surface area contributed by atoms with Crippen LogP contribution in [0.15, 0.2) is 12.7 Å². The maximum atomic E-state index is 12.5. The van der Waals surface area contributed by atoms with Crippen molar-refractivity contribution >= 4 is 17.9 Å². The predicted molar refractivity (Wildman–Crippen MR) is 168 cm³/mol. The average molecular weight is 595 g/mol. The predicted octanol–water partition coefficient (Wildman–Crippen LogP) is 8.95. The van der Waals surface area contributed by atoms with Crippen LogP contribution in [0.4, 0.5) is 0 Å². The van der Waals surface area contributed by atoms with Gasteiger partial charge in [0.1, 0.15) is 13.2 Å². The van der Waals surface area contributed by atoms with E-state index in [9.17, 15) is 14.4 Å². The zero-order valence-corrected chi connectivity index (χ0v) is 26.9. The summed E-state index contributed by atoms with van der Waals surface area (Å²) < 4.78 is 21.6. The normalized spacial score (nSPS) is 14.7. The second-order valence-corrected chi connectivity index (χ2v) is 11.9. The SMILES string of the molecule is C=CCCCCCCCC(=O)OCC(COC(=O)CCCCCCCCCCC)OC(=O)CCCCCCCC1CO1. The van der Waals surface area contributed by atoms with Gasteiger partial charge in [-0.1, -0.05) is 109 Å². The molecule has 0 aliphatic carbocycles. The lowest BCUT2D eigenvalue weighted by molar-refractivity contribution is -0.167. The van der Waals surface area contributed by atoms with Crippen LogP contribution in [-0.4, -0.2) is 49.9 Å². The number of unbranched alkanes of at least 4 members (excludes halogenated alkanes) is 17. The molecule has 1 aliphatic heterocycles. The molecule has 244 valence electrons. The number of allylic oxidation sites excluding steroid dienone is 1. The van der Waals surface area contributed by atoms with Gasteiger partial charge in [0.05, 0.1) is 12.7 Å². The summed E-state index contributed by atoms with van der Waals surface area (Å²) in [5.41, 5.74) is 0. The molecule has 0 aromatic rings. The molecule has 42 heavy (non-hydrogen) atoms. The van der Waals surface area contributed by atoms with Gasteiger partial charge in [0.25, 0.3) is 0 Å². The molecule has 0 saturated carbocycles. The summed E-state index contributed by atoms with van der Waals surface area (Å²) in [6.07, 6.45) is 25.7. The molecule has 0 radical (unpaired) electrons. The molecular weight excluding hydrogens is 532 g/mol. The first-order valence-electron chi connectivity index (χ1n) is 17.3. The molecule has 1 heterocycles. The van der Waals surface area contributed by atoms with Gasteiger partial charge >= 0.3 is 17.9 Å². The van der Waals surface area contributed by atoms with Crippen molar-refractivity contribution in [3.05, 3.63) is 12.7 Å². The smallest absolute Gasteiger partial charge is 0.306 e. The Kier molecular flexibility index (Phi) is 25.3. The fraction of sp³-hybridized carbons (Fsp3) is 0.857. The molecule has 7 heteroatoms. The van der Waals surface area contributed by atoms with E-state index in [-0.39, 0.29) is 31.1 Å². The number of epoxide rings is 1. The van der Waals surface area contributed by atoms with Crippen molar-refractivity contribution in [3.8, 4) is 0 Å². The summed E-state index contributed by atoms with van der Waals surface area (Å²) in [6.45, 7) is 6.71. The molecule has 0 aromatic heterocycles. The highest BCUT2D eigenvalue weighted by atomic mass is 16.6. The lowest BCUT2D eigenvalue weighted by Gasteiger charge is -2.18. The highest BCUT2D eigenvalue weighted by Crippen LogP contribution is 2.18. The molecule has 0 aromatic carbocycles. The highest BCUT2D eigenvalue weighted by Gasteiger charge is 2.21. The number of rotatable bonds is 31. The van der Waals surface area contributed by atoms with Gasteiger partial charge in [-0.3, -0.25) is 14.4 Å². The van der Waals surface area contributed by atoms with Crippen LogP contribution in [0.2, 0.25) is 0 Å². The van der Waals surface area contributed by atoms with Gasteiger partial charge in [0.15, 0.2) is 6.10 Å². The minimum atomic E-state index is -0.772. The Bertz CT molecular complexity index is 689. The Balaban J connectivity index is 2.27. The molecule has 0 amide bonds. The molecular formula is C35H62O7. The van der Waals surface area contributed by atoms with Crippen molar-refractivity contribution in [1.82, 2.24) is 0 Å². The summed E-state index contributed by atoms with van der Waals surface area (Å²) in [4.78, 5) is 37.0. The monoisotopic (exact) mass is 594 g/mol. The second kappa shape index (κ2) is 27.9. The van der Waals surface area contributed by atoms with Crippen molar-refractivity contribution in [2.45, 2.75) is 173 Å². The first-order chi connectivity index (χ1) is 20.5. The van der Waals surface area contributed by atoms with Gasteiger partial charge < -0.3 is 18.9 Å². The molecule has 1 saturated heterocycles. The molecule has 2 unspecified atom stereocenters. The molecule has 0 N–H and O–H groups in total. The fourth-order valence-electron chi connectivity index (χ4n) is 4.95. The molecule has 1 aliphatic rings. The minimum absolute atomic E-state index is 0.0815. The van der Waals surface area contributed by atoms with E-state index in [4.69, 9.17) is 18.9 Å². The first kappa shape index (κ1) is 38.1. The zero-order valence-electron chi connectivity index (χ0n) is 26.9. The molecule has 2 atom stereocenters. The highest BCUT2D eigenvalue weighted by molar-refractivity contribution is 5.71. The average Bonchev–Trinajstić information content (AvgIpc) is 3.81. The van der Waals surface area contributed by atoms with Crippen molar-refractivity contribution < 1.29 is 33.3 Å². The van der Waals surface area contributed by atoms with Crippen molar-refractivity contribution in [2.24, 2.45) is 0 Å². The number of carbonyl (C=O) groups excluding carboxylic acids is 3. The Labute approximate surface area is 256 Å². The van der Waals surface area contributed by atoms with Crippen LogP contribution in [0, 0.1) is 0 Å². The number of hydrogen-bond acceptors (Lipinski definition) is 7. The summed E-state index contributed by atoms with van der Waals surface area (Å²) in [7, 11) is 0. The Hall–Kier alpha value is -1.89. The van der Waals surface area contributed by atoms with Crippen LogP contribution in [0.3, 0.4) is 0 Å². The molecule has 1 fully saturated rings. The van der Waals surface area contributed by atoms with E-state index in [0.29, 0.717) is 25.4 Å². The first-order valence-corrected chi connectivity index (χ1v) is 17.3. The number of hydrogen-bond donors (Lipinski definition) is 0. The number of esters is 3. The van der Waals surface area contributed by atoms with Gasteiger partial charge in [-0.2, -0.15) is 0 Å². The maximum Gasteiger partial charge on any atom is 0.306 e. The van der Waals surface area contributed by atoms with Gasteiger partial charge in [0, 0.05) is 19.3 Å². The van der Waals surface area contributed by atoms with E-state index in [2.05, 4.69) is 13.5 Å². The third kappa shape index (κ3) is 25.8. The summed E-state index contributed by atoms with van der Waals surface area (Å²) >= 11 is 0. The quantitative estimate of drug-likeness (QED) is 0.0260. The van der Waals surface area contributed by atoms with Crippen LogP contribution in [0.1, 0.15) is 161 Å². The third-order valence-electron chi connectivity index (χ3n) is 7.74. The summed E-state index contributed by atoms with van der Waals surface area (Å²) in [5, 5.41) is 0. The van der Waals surface area contributed by atoms with Gasteiger partial charge in [0.2, 0.25) is 0 Å². The van der Waals surface area contributed by atoms with E-state index in [1.165, 1.54) is 44.9 Å². The van der Waals surface area contributed by atoms with E-state index in [1.54, 1.807) is 0 Å². The van der Waals surface area contributed by atoms with Gasteiger partial charge in [-0.15, -0.1) is 6.58 Å². The van der Waals surface area contributed by atoms with Crippen LogP contribution in [-0.2, 0) is 33.3 Å². The van der Waals surface area contributed by atoms with E-state index in [1.807, 2.05) is 6.08 Å². The lowest BCUT2D eigenvalue weighted by atomic mass is 10.1.